The number of anilines is 1. The van der Waals surface area contributed by atoms with Crippen molar-refractivity contribution in [3.63, 3.8) is 0 Å². The summed E-state index contributed by atoms with van der Waals surface area (Å²) in [6.45, 7) is 0.712. The maximum atomic E-state index is 12.4. The molecule has 1 aromatic carbocycles. The summed E-state index contributed by atoms with van der Waals surface area (Å²) in [6, 6.07) is 8.96. The second-order valence-corrected chi connectivity index (χ2v) is 6.02. The van der Waals surface area contributed by atoms with Crippen LogP contribution in [0.4, 0.5) is 5.69 Å². The minimum absolute atomic E-state index is 0.102. The van der Waals surface area contributed by atoms with Gasteiger partial charge in [-0.05, 0) is 23.8 Å². The summed E-state index contributed by atoms with van der Waals surface area (Å²) >= 11 is 0. The van der Waals surface area contributed by atoms with Gasteiger partial charge in [0, 0.05) is 38.0 Å². The van der Waals surface area contributed by atoms with Crippen molar-refractivity contribution in [1.82, 2.24) is 10.3 Å². The van der Waals surface area contributed by atoms with Crippen LogP contribution in [0.15, 0.2) is 42.7 Å². The summed E-state index contributed by atoms with van der Waals surface area (Å²) in [5.74, 6) is 0.537. The maximum absolute atomic E-state index is 12.4. The van der Waals surface area contributed by atoms with Gasteiger partial charge in [0.15, 0.2) is 0 Å². The van der Waals surface area contributed by atoms with Gasteiger partial charge in [-0.15, -0.1) is 0 Å². The van der Waals surface area contributed by atoms with Crippen molar-refractivity contribution < 1.29 is 19.1 Å². The van der Waals surface area contributed by atoms with Crippen molar-refractivity contribution in [3.05, 3.63) is 48.3 Å². The van der Waals surface area contributed by atoms with Crippen molar-refractivity contribution in [2.75, 3.05) is 25.7 Å². The Bertz CT molecular complexity index is 795. The van der Waals surface area contributed by atoms with Gasteiger partial charge in [-0.1, -0.05) is 6.07 Å². The molecule has 2 amide bonds. The Morgan fingerprint density at radius 3 is 2.85 bits per heavy atom. The highest BCUT2D eigenvalue weighted by Crippen LogP contribution is 2.35. The zero-order valence-corrected chi connectivity index (χ0v) is 14.8. The molecule has 3 rings (SSSR count). The first-order chi connectivity index (χ1) is 12.6. The third-order valence-electron chi connectivity index (χ3n) is 4.36. The van der Waals surface area contributed by atoms with Gasteiger partial charge in [0.25, 0.3) is 0 Å². The van der Waals surface area contributed by atoms with E-state index in [-0.39, 0.29) is 18.2 Å². The maximum Gasteiger partial charge on any atom is 0.227 e. The minimum atomic E-state index is -0.397. The van der Waals surface area contributed by atoms with Crippen molar-refractivity contribution in [1.29, 1.82) is 0 Å². The van der Waals surface area contributed by atoms with Crippen LogP contribution in [-0.2, 0) is 16.1 Å². The lowest BCUT2D eigenvalue weighted by Crippen LogP contribution is -2.32. The minimum Gasteiger partial charge on any atom is -0.497 e. The normalized spacial score (nSPS) is 16.5. The lowest BCUT2D eigenvalue weighted by molar-refractivity contribution is -0.126. The van der Waals surface area contributed by atoms with Crippen molar-refractivity contribution >= 4 is 17.5 Å². The van der Waals surface area contributed by atoms with Crippen LogP contribution >= 0.6 is 0 Å². The standard InChI is InChI=1S/C19H21N3O4/c1-25-15-5-6-16(17(9-15)26-2)22-12-14(8-18(22)23)19(24)21-11-13-4-3-7-20-10-13/h3-7,9-10,14H,8,11-12H2,1-2H3,(H,21,24). The van der Waals surface area contributed by atoms with E-state index in [1.54, 1.807) is 42.6 Å². The van der Waals surface area contributed by atoms with Crippen molar-refractivity contribution in [3.8, 4) is 11.5 Å². The summed E-state index contributed by atoms with van der Waals surface area (Å²) in [4.78, 5) is 30.5. The molecule has 0 bridgehead atoms. The van der Waals surface area contributed by atoms with E-state index in [2.05, 4.69) is 10.3 Å². The first kappa shape index (κ1) is 17.7. The lowest BCUT2D eigenvalue weighted by Gasteiger charge is -2.20. The number of carbonyl (C=O) groups excluding carboxylic acids is 2. The Hall–Kier alpha value is -3.09. The molecule has 7 heteroatoms. The fraction of sp³-hybridized carbons (Fsp3) is 0.316. The molecule has 0 aliphatic carbocycles. The molecule has 1 aromatic heterocycles. The van der Waals surface area contributed by atoms with Crippen LogP contribution < -0.4 is 19.7 Å². The lowest BCUT2D eigenvalue weighted by atomic mass is 10.1. The Morgan fingerprint density at radius 1 is 1.31 bits per heavy atom. The summed E-state index contributed by atoms with van der Waals surface area (Å²) in [5, 5.41) is 2.87. The molecule has 0 spiro atoms. The number of hydrogen-bond acceptors (Lipinski definition) is 5. The van der Waals surface area contributed by atoms with Gasteiger partial charge in [0.2, 0.25) is 11.8 Å². The van der Waals surface area contributed by atoms with E-state index < -0.39 is 5.92 Å². The smallest absolute Gasteiger partial charge is 0.227 e. The third kappa shape index (κ3) is 3.77. The molecule has 2 aromatic rings. The Labute approximate surface area is 151 Å². The fourth-order valence-electron chi connectivity index (χ4n) is 2.96. The molecule has 0 saturated carbocycles. The highest BCUT2D eigenvalue weighted by Gasteiger charge is 2.36. The predicted molar refractivity (Wildman–Crippen MR) is 96.1 cm³/mol. The van der Waals surface area contributed by atoms with Gasteiger partial charge in [0.1, 0.15) is 11.5 Å². The van der Waals surface area contributed by atoms with Gasteiger partial charge in [0.05, 0.1) is 25.8 Å². The van der Waals surface area contributed by atoms with Gasteiger partial charge in [-0.3, -0.25) is 14.6 Å². The van der Waals surface area contributed by atoms with Crippen LogP contribution in [-0.4, -0.2) is 37.6 Å². The molecule has 1 atom stereocenters. The largest absolute Gasteiger partial charge is 0.497 e. The van der Waals surface area contributed by atoms with Gasteiger partial charge >= 0.3 is 0 Å². The highest BCUT2D eigenvalue weighted by molar-refractivity contribution is 6.01. The molecule has 7 nitrogen and oxygen atoms in total. The number of nitrogens with zero attached hydrogens (tertiary/aromatic N) is 2. The number of benzene rings is 1. The number of rotatable bonds is 6. The van der Waals surface area contributed by atoms with E-state index in [1.165, 1.54) is 7.11 Å². The molecule has 1 N–H and O–H groups in total. The van der Waals surface area contributed by atoms with Crippen LogP contribution in [0.3, 0.4) is 0 Å². The Kier molecular flexibility index (Phi) is 5.36. The van der Waals surface area contributed by atoms with Gasteiger partial charge in [-0.25, -0.2) is 0 Å². The molecular formula is C19H21N3O4. The quantitative estimate of drug-likeness (QED) is 0.854. The van der Waals surface area contributed by atoms with Crippen LogP contribution in [0.5, 0.6) is 11.5 Å². The fourth-order valence-corrected chi connectivity index (χ4v) is 2.96. The molecule has 1 aliphatic rings. The van der Waals surface area contributed by atoms with Crippen LogP contribution in [0, 0.1) is 5.92 Å². The highest BCUT2D eigenvalue weighted by atomic mass is 16.5. The molecule has 1 aliphatic heterocycles. The number of ether oxygens (including phenoxy) is 2. The second kappa shape index (κ2) is 7.86. The van der Waals surface area contributed by atoms with Crippen LogP contribution in [0.25, 0.3) is 0 Å². The summed E-state index contributed by atoms with van der Waals surface area (Å²) in [5.41, 5.74) is 1.56. The van der Waals surface area contributed by atoms with E-state index in [9.17, 15) is 9.59 Å². The van der Waals surface area contributed by atoms with Gasteiger partial charge in [-0.2, -0.15) is 0 Å². The van der Waals surface area contributed by atoms with Crippen molar-refractivity contribution in [2.45, 2.75) is 13.0 Å². The monoisotopic (exact) mass is 355 g/mol. The number of amides is 2. The summed E-state index contributed by atoms with van der Waals surface area (Å²) < 4.78 is 10.6. The number of nitrogens with one attached hydrogen (secondary N) is 1. The number of aromatic nitrogens is 1. The Balaban J connectivity index is 1.67. The van der Waals surface area contributed by atoms with E-state index in [1.807, 2.05) is 12.1 Å². The number of carbonyl (C=O) groups is 2. The van der Waals surface area contributed by atoms with E-state index in [4.69, 9.17) is 9.47 Å². The number of methoxy groups -OCH3 is 2. The molecule has 1 fully saturated rings. The first-order valence-electron chi connectivity index (χ1n) is 8.31. The Morgan fingerprint density at radius 2 is 2.15 bits per heavy atom. The molecule has 26 heavy (non-hydrogen) atoms. The second-order valence-electron chi connectivity index (χ2n) is 6.02. The molecule has 0 radical (unpaired) electrons. The average molecular weight is 355 g/mol. The summed E-state index contributed by atoms with van der Waals surface area (Å²) in [7, 11) is 3.11. The molecule has 1 saturated heterocycles. The number of hydrogen-bond donors (Lipinski definition) is 1. The number of pyridine rings is 1. The zero-order chi connectivity index (χ0) is 18.5. The van der Waals surface area contributed by atoms with E-state index in [0.717, 1.165) is 5.56 Å². The molecule has 2 heterocycles. The molecule has 1 unspecified atom stereocenters. The molecule has 136 valence electrons. The summed E-state index contributed by atoms with van der Waals surface area (Å²) in [6.07, 6.45) is 3.56. The predicted octanol–water partition coefficient (Wildman–Crippen LogP) is 1.77. The average Bonchev–Trinajstić information content (AvgIpc) is 3.08. The van der Waals surface area contributed by atoms with Gasteiger partial charge < -0.3 is 19.7 Å². The van der Waals surface area contributed by atoms with Crippen LogP contribution in [0.1, 0.15) is 12.0 Å². The van der Waals surface area contributed by atoms with Crippen molar-refractivity contribution in [2.24, 2.45) is 5.92 Å². The topological polar surface area (TPSA) is 80.8 Å². The van der Waals surface area contributed by atoms with E-state index in [0.29, 0.717) is 30.3 Å². The zero-order valence-electron chi connectivity index (χ0n) is 14.8. The van der Waals surface area contributed by atoms with Crippen LogP contribution in [0.2, 0.25) is 0 Å². The first-order valence-corrected chi connectivity index (χ1v) is 8.31. The molecular weight excluding hydrogens is 334 g/mol. The van der Waals surface area contributed by atoms with E-state index >= 15 is 0 Å². The SMILES string of the molecule is COc1ccc(N2CC(C(=O)NCc3cccnc3)CC2=O)c(OC)c1. The third-order valence-corrected chi connectivity index (χ3v) is 4.36.